The monoisotopic (exact) mass is 260 g/mol. The lowest BCUT2D eigenvalue weighted by Crippen LogP contribution is -2.50. The Morgan fingerprint density at radius 1 is 1.41 bits per heavy atom. The fourth-order valence-electron chi connectivity index (χ4n) is 2.82. The van der Waals surface area contributed by atoms with Gasteiger partial charge >= 0.3 is 0 Å². The smallest absolute Gasteiger partial charge is 0.0512 e. The highest BCUT2D eigenvalue weighted by molar-refractivity contribution is 7.99. The summed E-state index contributed by atoms with van der Waals surface area (Å²) in [6.45, 7) is 6.98. The Bertz CT molecular complexity index is 214. The van der Waals surface area contributed by atoms with Gasteiger partial charge in [-0.2, -0.15) is 11.8 Å². The maximum Gasteiger partial charge on any atom is 0.0512 e. The first-order valence-corrected chi connectivity index (χ1v) is 7.83. The second kappa shape index (κ2) is 7.62. The van der Waals surface area contributed by atoms with Crippen LogP contribution in [0.25, 0.3) is 0 Å². The van der Waals surface area contributed by atoms with Crippen LogP contribution in [0, 0.1) is 5.41 Å². The molecule has 4 heteroatoms. The normalized spacial score (nSPS) is 26.6. The molecule has 0 bridgehead atoms. The summed E-state index contributed by atoms with van der Waals surface area (Å²) in [4.78, 5) is 4.74. The third-order valence-corrected chi connectivity index (χ3v) is 4.36. The van der Waals surface area contributed by atoms with Gasteiger partial charge in [0.2, 0.25) is 0 Å². The molecular formula is C13H28N2OS. The van der Waals surface area contributed by atoms with Crippen LogP contribution in [0.5, 0.6) is 0 Å². The molecule has 1 unspecified atom stereocenters. The van der Waals surface area contributed by atoms with Crippen LogP contribution in [0.2, 0.25) is 0 Å². The molecule has 1 heterocycles. The van der Waals surface area contributed by atoms with Gasteiger partial charge in [-0.05, 0) is 39.2 Å². The Kier molecular flexibility index (Phi) is 6.85. The first-order valence-electron chi connectivity index (χ1n) is 6.67. The van der Waals surface area contributed by atoms with Crippen molar-refractivity contribution in [1.82, 2.24) is 9.80 Å². The number of piperidine rings is 1. The summed E-state index contributed by atoms with van der Waals surface area (Å²) < 4.78 is 0. The van der Waals surface area contributed by atoms with Gasteiger partial charge in [0, 0.05) is 30.8 Å². The van der Waals surface area contributed by atoms with Crippen LogP contribution in [0.4, 0.5) is 0 Å². The van der Waals surface area contributed by atoms with E-state index in [-0.39, 0.29) is 5.41 Å². The van der Waals surface area contributed by atoms with Crippen molar-refractivity contribution in [3.05, 3.63) is 0 Å². The van der Waals surface area contributed by atoms with E-state index in [1.807, 2.05) is 11.8 Å². The molecule has 0 aromatic rings. The molecule has 1 atom stereocenters. The number of nitrogens with zero attached hydrogens (tertiary/aromatic N) is 2. The Morgan fingerprint density at radius 3 is 2.76 bits per heavy atom. The van der Waals surface area contributed by atoms with Crippen LogP contribution >= 0.6 is 11.8 Å². The zero-order valence-electron chi connectivity index (χ0n) is 11.6. The number of thioether (sulfide) groups is 1. The molecular weight excluding hydrogens is 232 g/mol. The number of likely N-dealkylation sites (tertiary alicyclic amines) is 1. The minimum Gasteiger partial charge on any atom is -0.396 e. The summed E-state index contributed by atoms with van der Waals surface area (Å²) >= 11 is 2.01. The topological polar surface area (TPSA) is 26.7 Å². The van der Waals surface area contributed by atoms with Crippen LogP contribution in [-0.2, 0) is 0 Å². The minimum atomic E-state index is 0.110. The van der Waals surface area contributed by atoms with Gasteiger partial charge in [-0.25, -0.2) is 0 Å². The zero-order valence-corrected chi connectivity index (χ0v) is 12.4. The lowest BCUT2D eigenvalue weighted by atomic mass is 9.80. The average Bonchev–Trinajstić information content (AvgIpc) is 2.29. The Hall–Kier alpha value is 0.230. The summed E-state index contributed by atoms with van der Waals surface area (Å²) in [5.74, 6) is 2.43. The molecule has 1 aliphatic heterocycles. The summed E-state index contributed by atoms with van der Waals surface area (Å²) in [7, 11) is 4.20. The van der Waals surface area contributed by atoms with Crippen LogP contribution in [0.3, 0.4) is 0 Å². The lowest BCUT2D eigenvalue weighted by molar-refractivity contribution is 0.0160. The molecule has 0 saturated carbocycles. The molecule has 17 heavy (non-hydrogen) atoms. The number of rotatable bonds is 7. The maximum atomic E-state index is 9.72. The number of hydrogen-bond acceptors (Lipinski definition) is 4. The Labute approximate surface area is 111 Å². The number of aliphatic hydroxyl groups is 1. The molecule has 3 nitrogen and oxygen atoms in total. The molecule has 0 aromatic carbocycles. The van der Waals surface area contributed by atoms with E-state index in [4.69, 9.17) is 0 Å². The van der Waals surface area contributed by atoms with Crippen molar-refractivity contribution in [1.29, 1.82) is 0 Å². The first-order chi connectivity index (χ1) is 8.12. The van der Waals surface area contributed by atoms with E-state index in [9.17, 15) is 5.11 Å². The summed E-state index contributed by atoms with van der Waals surface area (Å²) in [6, 6.07) is 0. The van der Waals surface area contributed by atoms with Crippen molar-refractivity contribution < 1.29 is 5.11 Å². The van der Waals surface area contributed by atoms with Crippen molar-refractivity contribution in [3.63, 3.8) is 0 Å². The van der Waals surface area contributed by atoms with Crippen molar-refractivity contribution in [2.75, 3.05) is 58.4 Å². The highest BCUT2D eigenvalue weighted by Crippen LogP contribution is 2.30. The Morgan fingerprint density at radius 2 is 2.18 bits per heavy atom. The minimum absolute atomic E-state index is 0.110. The molecule has 0 amide bonds. The van der Waals surface area contributed by atoms with E-state index in [0.717, 1.165) is 13.1 Å². The van der Waals surface area contributed by atoms with E-state index in [1.165, 1.54) is 37.4 Å². The van der Waals surface area contributed by atoms with Crippen LogP contribution in [0.15, 0.2) is 0 Å². The van der Waals surface area contributed by atoms with Gasteiger partial charge in [0.15, 0.2) is 0 Å². The Balaban J connectivity index is 2.44. The second-order valence-corrected chi connectivity index (χ2v) is 6.87. The van der Waals surface area contributed by atoms with Crippen molar-refractivity contribution >= 4 is 11.8 Å². The third-order valence-electron chi connectivity index (χ3n) is 3.48. The van der Waals surface area contributed by atoms with E-state index in [2.05, 4.69) is 30.8 Å². The highest BCUT2D eigenvalue weighted by atomic mass is 32.2. The van der Waals surface area contributed by atoms with Gasteiger partial charge in [-0.3, -0.25) is 0 Å². The summed E-state index contributed by atoms with van der Waals surface area (Å²) in [6.07, 6.45) is 2.39. The van der Waals surface area contributed by atoms with Crippen molar-refractivity contribution in [2.24, 2.45) is 5.41 Å². The standard InChI is InChI=1S/C13H28N2OS/c1-4-17-9-8-15-7-5-6-13(11-15,12-16)10-14(2)3/h16H,4-12H2,1-3H3. The van der Waals surface area contributed by atoms with E-state index >= 15 is 0 Å². The fraction of sp³-hybridized carbons (Fsp3) is 1.00. The highest BCUT2D eigenvalue weighted by Gasteiger charge is 2.35. The van der Waals surface area contributed by atoms with Gasteiger partial charge < -0.3 is 14.9 Å². The molecule has 1 saturated heterocycles. The van der Waals surface area contributed by atoms with Gasteiger partial charge in [0.25, 0.3) is 0 Å². The van der Waals surface area contributed by atoms with Gasteiger partial charge in [-0.1, -0.05) is 6.92 Å². The van der Waals surface area contributed by atoms with E-state index < -0.39 is 0 Å². The van der Waals surface area contributed by atoms with Gasteiger partial charge in [-0.15, -0.1) is 0 Å². The van der Waals surface area contributed by atoms with Gasteiger partial charge in [0.1, 0.15) is 0 Å². The zero-order chi connectivity index (χ0) is 12.7. The molecule has 1 fully saturated rings. The predicted molar refractivity (Wildman–Crippen MR) is 76.7 cm³/mol. The molecule has 0 radical (unpaired) electrons. The molecule has 1 aliphatic rings. The largest absolute Gasteiger partial charge is 0.396 e. The van der Waals surface area contributed by atoms with Crippen LogP contribution < -0.4 is 0 Å². The summed E-state index contributed by atoms with van der Waals surface area (Å²) in [5.41, 5.74) is 0.110. The van der Waals surface area contributed by atoms with Gasteiger partial charge in [0.05, 0.1) is 6.61 Å². The SMILES string of the molecule is CCSCCN1CCCC(CO)(CN(C)C)C1. The quantitative estimate of drug-likeness (QED) is 0.700. The average molecular weight is 260 g/mol. The molecule has 0 aliphatic carbocycles. The molecule has 1 N–H and O–H groups in total. The van der Waals surface area contributed by atoms with Crippen LogP contribution in [-0.4, -0.2) is 73.3 Å². The number of aliphatic hydroxyl groups excluding tert-OH is 1. The molecule has 1 rings (SSSR count). The van der Waals surface area contributed by atoms with Crippen molar-refractivity contribution in [3.8, 4) is 0 Å². The predicted octanol–water partition coefficient (Wildman–Crippen LogP) is 1.38. The summed E-state index contributed by atoms with van der Waals surface area (Å²) in [5, 5.41) is 9.72. The fourth-order valence-corrected chi connectivity index (χ4v) is 3.49. The molecule has 0 spiro atoms. The van der Waals surface area contributed by atoms with E-state index in [1.54, 1.807) is 0 Å². The van der Waals surface area contributed by atoms with Crippen LogP contribution in [0.1, 0.15) is 19.8 Å². The van der Waals surface area contributed by atoms with Crippen molar-refractivity contribution in [2.45, 2.75) is 19.8 Å². The second-order valence-electron chi connectivity index (χ2n) is 5.47. The van der Waals surface area contributed by atoms with E-state index in [0.29, 0.717) is 6.61 Å². The molecule has 102 valence electrons. The first kappa shape index (κ1) is 15.3. The third kappa shape index (κ3) is 5.16. The maximum absolute atomic E-state index is 9.72. The lowest BCUT2D eigenvalue weighted by Gasteiger charge is -2.43. The molecule has 0 aromatic heterocycles. The number of hydrogen-bond donors (Lipinski definition) is 1.